The molecule has 0 amide bonds. The molecule has 1 unspecified atom stereocenters. The second kappa shape index (κ2) is 4.98. The lowest BCUT2D eigenvalue weighted by atomic mass is 10.1. The van der Waals surface area contributed by atoms with Crippen LogP contribution in [0.4, 0.5) is 13.2 Å². The Labute approximate surface area is 82.2 Å². The molecule has 0 aromatic rings. The second-order valence-electron chi connectivity index (χ2n) is 3.91. The normalized spacial score (nSPS) is 22.3. The summed E-state index contributed by atoms with van der Waals surface area (Å²) in [5.41, 5.74) is 0. The summed E-state index contributed by atoms with van der Waals surface area (Å²) in [4.78, 5) is 0. The van der Waals surface area contributed by atoms with Gasteiger partial charge in [0.1, 0.15) is 0 Å². The smallest absolute Gasteiger partial charge is 0.317 e. The minimum Gasteiger partial charge on any atom is -0.317 e. The van der Waals surface area contributed by atoms with Crippen molar-refractivity contribution in [2.24, 2.45) is 0 Å². The molecule has 1 aliphatic heterocycles. The van der Waals surface area contributed by atoms with E-state index in [0.29, 0.717) is 0 Å². The van der Waals surface area contributed by atoms with E-state index in [4.69, 9.17) is 0 Å². The SMILES string of the molecule is CC(CC(F)(F)F)NC1CCNCC1. The van der Waals surface area contributed by atoms with Gasteiger partial charge in [0.25, 0.3) is 0 Å². The number of rotatable bonds is 3. The Bertz CT molecular complexity index is 164. The van der Waals surface area contributed by atoms with Gasteiger partial charge in [-0.05, 0) is 32.9 Å². The third kappa shape index (κ3) is 4.81. The van der Waals surface area contributed by atoms with Gasteiger partial charge >= 0.3 is 6.18 Å². The zero-order valence-electron chi connectivity index (χ0n) is 8.32. The molecule has 0 radical (unpaired) electrons. The van der Waals surface area contributed by atoms with Crippen molar-refractivity contribution in [3.8, 4) is 0 Å². The van der Waals surface area contributed by atoms with Gasteiger partial charge in [0, 0.05) is 12.1 Å². The maximum Gasteiger partial charge on any atom is 0.390 e. The van der Waals surface area contributed by atoms with Gasteiger partial charge < -0.3 is 10.6 Å². The molecule has 1 rings (SSSR count). The van der Waals surface area contributed by atoms with Crippen molar-refractivity contribution in [2.75, 3.05) is 13.1 Å². The fraction of sp³-hybridized carbons (Fsp3) is 1.00. The Morgan fingerprint density at radius 2 is 1.93 bits per heavy atom. The molecule has 0 bridgehead atoms. The molecule has 0 aliphatic carbocycles. The quantitative estimate of drug-likeness (QED) is 0.740. The Morgan fingerprint density at radius 3 is 2.43 bits per heavy atom. The third-order valence-corrected chi connectivity index (χ3v) is 2.40. The van der Waals surface area contributed by atoms with Crippen molar-refractivity contribution < 1.29 is 13.2 Å². The molecule has 1 saturated heterocycles. The highest BCUT2D eigenvalue weighted by Gasteiger charge is 2.30. The summed E-state index contributed by atoms with van der Waals surface area (Å²) >= 11 is 0. The molecule has 1 aliphatic rings. The van der Waals surface area contributed by atoms with Crippen molar-refractivity contribution in [3.63, 3.8) is 0 Å². The van der Waals surface area contributed by atoms with Crippen molar-refractivity contribution in [2.45, 2.75) is 44.4 Å². The second-order valence-corrected chi connectivity index (χ2v) is 3.91. The van der Waals surface area contributed by atoms with Gasteiger partial charge in [-0.15, -0.1) is 0 Å². The van der Waals surface area contributed by atoms with Crippen molar-refractivity contribution >= 4 is 0 Å². The number of piperidine rings is 1. The molecule has 1 fully saturated rings. The van der Waals surface area contributed by atoms with Gasteiger partial charge in [-0.3, -0.25) is 0 Å². The lowest BCUT2D eigenvalue weighted by Crippen LogP contribution is -2.44. The first-order valence-electron chi connectivity index (χ1n) is 5.01. The van der Waals surface area contributed by atoms with Gasteiger partial charge in [-0.25, -0.2) is 0 Å². The van der Waals surface area contributed by atoms with E-state index in [1.54, 1.807) is 6.92 Å². The molecule has 5 heteroatoms. The average molecular weight is 210 g/mol. The van der Waals surface area contributed by atoms with E-state index >= 15 is 0 Å². The predicted octanol–water partition coefficient (Wildman–Crippen LogP) is 1.67. The largest absolute Gasteiger partial charge is 0.390 e. The van der Waals surface area contributed by atoms with E-state index in [9.17, 15) is 13.2 Å². The van der Waals surface area contributed by atoms with Crippen LogP contribution in [0, 0.1) is 0 Å². The molecule has 0 saturated carbocycles. The van der Waals surface area contributed by atoms with Gasteiger partial charge in [-0.2, -0.15) is 13.2 Å². The highest BCUT2D eigenvalue weighted by Crippen LogP contribution is 2.21. The van der Waals surface area contributed by atoms with E-state index in [1.165, 1.54) is 0 Å². The van der Waals surface area contributed by atoms with E-state index in [-0.39, 0.29) is 6.04 Å². The number of halogens is 3. The number of hydrogen-bond donors (Lipinski definition) is 2. The van der Waals surface area contributed by atoms with Crippen molar-refractivity contribution in [1.82, 2.24) is 10.6 Å². The van der Waals surface area contributed by atoms with Crippen LogP contribution >= 0.6 is 0 Å². The number of alkyl halides is 3. The summed E-state index contributed by atoms with van der Waals surface area (Å²) in [7, 11) is 0. The standard InChI is InChI=1S/C9H17F3N2/c1-7(6-9(10,11)12)14-8-2-4-13-5-3-8/h7-8,13-14H,2-6H2,1H3. The number of nitrogens with one attached hydrogen (secondary N) is 2. The van der Waals surface area contributed by atoms with Gasteiger partial charge in [0.15, 0.2) is 0 Å². The monoisotopic (exact) mass is 210 g/mol. The van der Waals surface area contributed by atoms with Crippen LogP contribution < -0.4 is 10.6 Å². The molecule has 84 valence electrons. The topological polar surface area (TPSA) is 24.1 Å². The zero-order chi connectivity index (χ0) is 10.6. The van der Waals surface area contributed by atoms with Gasteiger partial charge in [0.05, 0.1) is 6.42 Å². The molecule has 1 atom stereocenters. The minimum absolute atomic E-state index is 0.244. The average Bonchev–Trinajstić information content (AvgIpc) is 2.02. The van der Waals surface area contributed by atoms with Gasteiger partial charge in [-0.1, -0.05) is 0 Å². The van der Waals surface area contributed by atoms with E-state index < -0.39 is 18.6 Å². The maximum atomic E-state index is 12.0. The Hall–Kier alpha value is -0.290. The van der Waals surface area contributed by atoms with Crippen LogP contribution in [-0.4, -0.2) is 31.3 Å². The van der Waals surface area contributed by atoms with Crippen LogP contribution in [0.3, 0.4) is 0 Å². The van der Waals surface area contributed by atoms with Crippen LogP contribution in [0.5, 0.6) is 0 Å². The third-order valence-electron chi connectivity index (χ3n) is 2.40. The molecule has 0 aromatic carbocycles. The van der Waals surface area contributed by atoms with Crippen LogP contribution in [0.25, 0.3) is 0 Å². The minimum atomic E-state index is -4.06. The summed E-state index contributed by atoms with van der Waals surface area (Å²) in [5.74, 6) is 0. The van der Waals surface area contributed by atoms with Crippen LogP contribution in [0.1, 0.15) is 26.2 Å². The molecule has 2 nitrogen and oxygen atoms in total. The molecular formula is C9H17F3N2. The first-order chi connectivity index (χ1) is 6.47. The first kappa shape index (κ1) is 11.8. The highest BCUT2D eigenvalue weighted by atomic mass is 19.4. The molecular weight excluding hydrogens is 193 g/mol. The van der Waals surface area contributed by atoms with Crippen molar-refractivity contribution in [1.29, 1.82) is 0 Å². The summed E-state index contributed by atoms with van der Waals surface area (Å²) < 4.78 is 36.0. The molecule has 0 aromatic heterocycles. The molecule has 0 spiro atoms. The lowest BCUT2D eigenvalue weighted by molar-refractivity contribution is -0.139. The molecule has 14 heavy (non-hydrogen) atoms. The predicted molar refractivity (Wildman–Crippen MR) is 49.2 cm³/mol. The number of hydrogen-bond acceptors (Lipinski definition) is 2. The highest BCUT2D eigenvalue weighted by molar-refractivity contribution is 4.78. The fourth-order valence-corrected chi connectivity index (χ4v) is 1.80. The van der Waals surface area contributed by atoms with Crippen LogP contribution in [-0.2, 0) is 0 Å². The van der Waals surface area contributed by atoms with Crippen molar-refractivity contribution in [3.05, 3.63) is 0 Å². The zero-order valence-corrected chi connectivity index (χ0v) is 8.32. The van der Waals surface area contributed by atoms with E-state index in [2.05, 4.69) is 10.6 Å². The van der Waals surface area contributed by atoms with Crippen LogP contribution in [0.15, 0.2) is 0 Å². The fourth-order valence-electron chi connectivity index (χ4n) is 1.80. The lowest BCUT2D eigenvalue weighted by Gasteiger charge is -2.27. The van der Waals surface area contributed by atoms with Gasteiger partial charge in [0.2, 0.25) is 0 Å². The summed E-state index contributed by atoms with van der Waals surface area (Å²) in [6, 6.07) is -0.230. The Morgan fingerprint density at radius 1 is 1.36 bits per heavy atom. The first-order valence-corrected chi connectivity index (χ1v) is 5.01. The summed E-state index contributed by atoms with van der Waals surface area (Å²) in [6.07, 6.45) is -2.96. The molecule has 1 heterocycles. The van der Waals surface area contributed by atoms with E-state index in [0.717, 1.165) is 25.9 Å². The Kier molecular flexibility index (Phi) is 4.19. The summed E-state index contributed by atoms with van der Waals surface area (Å²) in [6.45, 7) is 3.39. The van der Waals surface area contributed by atoms with E-state index in [1.807, 2.05) is 0 Å². The summed E-state index contributed by atoms with van der Waals surface area (Å²) in [5, 5.41) is 6.19. The maximum absolute atomic E-state index is 12.0. The Balaban J connectivity index is 2.21. The molecule has 2 N–H and O–H groups in total. The van der Waals surface area contributed by atoms with Crippen LogP contribution in [0.2, 0.25) is 0 Å².